The highest BCUT2D eigenvalue weighted by Crippen LogP contribution is 2.58. The molecule has 0 unspecified atom stereocenters. The maximum atomic E-state index is 15.2. The first-order chi connectivity index (χ1) is 17.2. The number of nitrogens with one attached hydrogen (secondary N) is 1. The summed E-state index contributed by atoms with van der Waals surface area (Å²) < 4.78 is 40.5. The Hall–Kier alpha value is -4.01. The number of ether oxygens (including phenoxy) is 2. The van der Waals surface area contributed by atoms with E-state index in [4.69, 9.17) is 9.47 Å². The molecule has 2 amide bonds. The predicted octanol–water partition coefficient (Wildman–Crippen LogP) is 4.53. The SMILES string of the molecule is C=N/C(=C\C1=C(C)CN(c2c(F)c(OC)cc(OC)c2F)C(=O)C12CC2)c1ccc(C(=O)NC)cc1. The van der Waals surface area contributed by atoms with Crippen LogP contribution in [0.1, 0.15) is 35.7 Å². The second-order valence-electron chi connectivity index (χ2n) is 8.77. The van der Waals surface area contributed by atoms with Crippen molar-refractivity contribution in [3.8, 4) is 11.5 Å². The normalized spacial score (nSPS) is 16.8. The maximum absolute atomic E-state index is 15.2. The molecule has 1 heterocycles. The largest absolute Gasteiger partial charge is 0.493 e. The Morgan fingerprint density at radius 2 is 1.67 bits per heavy atom. The molecule has 0 atom stereocenters. The van der Waals surface area contributed by atoms with E-state index in [2.05, 4.69) is 17.0 Å². The van der Waals surface area contributed by atoms with Crippen LogP contribution in [0.3, 0.4) is 0 Å². The highest BCUT2D eigenvalue weighted by atomic mass is 19.1. The van der Waals surface area contributed by atoms with Gasteiger partial charge < -0.3 is 19.7 Å². The summed E-state index contributed by atoms with van der Waals surface area (Å²) in [7, 11) is 4.08. The van der Waals surface area contributed by atoms with Crippen molar-refractivity contribution in [2.24, 2.45) is 10.4 Å². The van der Waals surface area contributed by atoms with Gasteiger partial charge in [-0.25, -0.2) is 8.78 Å². The van der Waals surface area contributed by atoms with E-state index in [0.29, 0.717) is 24.1 Å². The summed E-state index contributed by atoms with van der Waals surface area (Å²) in [4.78, 5) is 30.8. The van der Waals surface area contributed by atoms with Crippen LogP contribution < -0.4 is 19.7 Å². The third-order valence-corrected chi connectivity index (χ3v) is 6.72. The Balaban J connectivity index is 1.77. The minimum absolute atomic E-state index is 0.0173. The molecule has 0 saturated heterocycles. The molecule has 1 N–H and O–H groups in total. The lowest BCUT2D eigenvalue weighted by atomic mass is 9.84. The molecule has 0 radical (unpaired) electrons. The number of methoxy groups -OCH3 is 2. The number of rotatable bonds is 7. The van der Waals surface area contributed by atoms with E-state index in [-0.39, 0.29) is 24.0 Å². The van der Waals surface area contributed by atoms with Crippen LogP contribution in [0.25, 0.3) is 5.70 Å². The number of aliphatic imine (C=N–C) groups is 1. The zero-order valence-electron chi connectivity index (χ0n) is 20.6. The molecule has 1 fully saturated rings. The van der Waals surface area contributed by atoms with Gasteiger partial charge in [-0.15, -0.1) is 0 Å². The Labute approximate surface area is 208 Å². The molecule has 2 aromatic carbocycles. The molecule has 9 heteroatoms. The van der Waals surface area contributed by atoms with Crippen LogP contribution >= 0.6 is 0 Å². The van der Waals surface area contributed by atoms with E-state index >= 15 is 8.78 Å². The summed E-state index contributed by atoms with van der Waals surface area (Å²) in [5.74, 6) is -2.96. The van der Waals surface area contributed by atoms with Gasteiger partial charge in [0.15, 0.2) is 23.1 Å². The lowest BCUT2D eigenvalue weighted by Gasteiger charge is -2.35. The molecule has 2 aliphatic rings. The van der Waals surface area contributed by atoms with Crippen LogP contribution in [0.4, 0.5) is 14.5 Å². The number of hydrogen-bond donors (Lipinski definition) is 1. The Bertz CT molecular complexity index is 1280. The van der Waals surface area contributed by atoms with Crippen molar-refractivity contribution >= 4 is 29.9 Å². The summed E-state index contributed by atoms with van der Waals surface area (Å²) in [5, 5.41) is 2.57. The highest BCUT2D eigenvalue weighted by molar-refractivity contribution is 6.05. The Morgan fingerprint density at radius 1 is 1.11 bits per heavy atom. The smallest absolute Gasteiger partial charge is 0.251 e. The van der Waals surface area contributed by atoms with Gasteiger partial charge in [0.05, 0.1) is 25.3 Å². The van der Waals surface area contributed by atoms with Crippen molar-refractivity contribution < 1.29 is 27.8 Å². The van der Waals surface area contributed by atoms with Crippen molar-refractivity contribution in [2.45, 2.75) is 19.8 Å². The molecular weight excluding hydrogens is 468 g/mol. The Morgan fingerprint density at radius 3 is 2.14 bits per heavy atom. The average Bonchev–Trinajstić information content (AvgIpc) is 3.68. The molecule has 188 valence electrons. The minimum Gasteiger partial charge on any atom is -0.493 e. The zero-order valence-corrected chi connectivity index (χ0v) is 20.6. The van der Waals surface area contributed by atoms with Crippen LogP contribution in [0.5, 0.6) is 11.5 Å². The highest BCUT2D eigenvalue weighted by Gasteiger charge is 2.57. The summed E-state index contributed by atoms with van der Waals surface area (Å²) in [6.45, 7) is 5.48. The van der Waals surface area contributed by atoms with Crippen LogP contribution in [0.2, 0.25) is 0 Å². The van der Waals surface area contributed by atoms with Crippen molar-refractivity contribution in [3.05, 3.63) is 70.3 Å². The van der Waals surface area contributed by atoms with Crippen LogP contribution in [0.15, 0.2) is 52.5 Å². The lowest BCUT2D eigenvalue weighted by molar-refractivity contribution is -0.122. The topological polar surface area (TPSA) is 80.2 Å². The molecule has 1 saturated carbocycles. The van der Waals surface area contributed by atoms with Gasteiger partial charge in [-0.05, 0) is 55.8 Å². The van der Waals surface area contributed by atoms with E-state index in [1.165, 1.54) is 14.2 Å². The molecule has 0 bridgehead atoms. The van der Waals surface area contributed by atoms with Gasteiger partial charge in [0.2, 0.25) is 5.91 Å². The Kier molecular flexibility index (Phi) is 6.67. The predicted molar refractivity (Wildman–Crippen MR) is 134 cm³/mol. The quantitative estimate of drug-likeness (QED) is 0.573. The van der Waals surface area contributed by atoms with E-state index in [1.54, 1.807) is 37.4 Å². The fourth-order valence-corrected chi connectivity index (χ4v) is 4.63. The summed E-state index contributed by atoms with van der Waals surface area (Å²) in [6, 6.07) is 7.98. The number of halogens is 2. The standard InChI is InChI=1S/C27H27F2N3O4/c1-15-14-32(24-22(28)20(35-4)13-21(36-5)23(24)29)26(34)27(10-11-27)18(15)12-19(30-2)16-6-8-17(9-7-16)25(33)31-3/h6-9,12-13H,2,10-11,14H2,1,3-5H3,(H,31,33)/b19-12-. The van der Waals surface area contributed by atoms with Gasteiger partial charge in [-0.3, -0.25) is 14.6 Å². The van der Waals surface area contributed by atoms with Gasteiger partial charge in [0.1, 0.15) is 5.69 Å². The van der Waals surface area contributed by atoms with Gasteiger partial charge in [-0.1, -0.05) is 12.1 Å². The number of allylic oxidation sites excluding steroid dienone is 1. The molecule has 1 spiro atoms. The zero-order chi connectivity index (χ0) is 26.2. The molecular formula is C27H27F2N3O4. The second-order valence-corrected chi connectivity index (χ2v) is 8.77. The van der Waals surface area contributed by atoms with Crippen molar-refractivity contribution in [3.63, 3.8) is 0 Å². The van der Waals surface area contributed by atoms with E-state index in [9.17, 15) is 9.59 Å². The molecule has 0 aromatic heterocycles. The van der Waals surface area contributed by atoms with Crippen molar-refractivity contribution in [1.29, 1.82) is 0 Å². The molecule has 1 aliphatic carbocycles. The van der Waals surface area contributed by atoms with E-state index in [1.807, 2.05) is 6.92 Å². The number of carbonyl (C=O) groups is 2. The first-order valence-electron chi connectivity index (χ1n) is 11.4. The van der Waals surface area contributed by atoms with Crippen LogP contribution in [-0.4, -0.2) is 46.3 Å². The average molecular weight is 496 g/mol. The van der Waals surface area contributed by atoms with E-state index in [0.717, 1.165) is 27.7 Å². The molecule has 7 nitrogen and oxygen atoms in total. The first-order valence-corrected chi connectivity index (χ1v) is 11.4. The maximum Gasteiger partial charge on any atom is 0.251 e. The number of carbonyl (C=O) groups excluding carboxylic acids is 2. The van der Waals surface area contributed by atoms with Crippen molar-refractivity contribution in [1.82, 2.24) is 5.32 Å². The monoisotopic (exact) mass is 495 g/mol. The summed E-state index contributed by atoms with van der Waals surface area (Å²) in [5.41, 5.74) is 1.89. The van der Waals surface area contributed by atoms with Gasteiger partial charge >= 0.3 is 0 Å². The number of nitrogens with zero attached hydrogens (tertiary/aromatic N) is 2. The lowest BCUT2D eigenvalue weighted by Crippen LogP contribution is -2.44. The molecule has 2 aromatic rings. The fourth-order valence-electron chi connectivity index (χ4n) is 4.63. The molecule has 1 aliphatic heterocycles. The fraction of sp³-hybridized carbons (Fsp3) is 0.296. The second kappa shape index (κ2) is 9.56. The molecule has 36 heavy (non-hydrogen) atoms. The number of hydrogen-bond acceptors (Lipinski definition) is 5. The van der Waals surface area contributed by atoms with Gasteiger partial charge in [-0.2, -0.15) is 0 Å². The first kappa shape index (κ1) is 25.1. The third kappa shape index (κ3) is 4.04. The van der Waals surface area contributed by atoms with Crippen molar-refractivity contribution in [2.75, 3.05) is 32.7 Å². The number of benzene rings is 2. The minimum atomic E-state index is -0.962. The van der Waals surface area contributed by atoms with Gasteiger partial charge in [0.25, 0.3) is 5.91 Å². The van der Waals surface area contributed by atoms with E-state index < -0.39 is 28.6 Å². The number of anilines is 1. The summed E-state index contributed by atoms with van der Waals surface area (Å²) >= 11 is 0. The summed E-state index contributed by atoms with van der Waals surface area (Å²) in [6.07, 6.45) is 2.88. The number of amides is 2. The third-order valence-electron chi connectivity index (χ3n) is 6.72. The van der Waals surface area contributed by atoms with Crippen LogP contribution in [0, 0.1) is 17.0 Å². The van der Waals surface area contributed by atoms with Gasteiger partial charge in [0, 0.05) is 30.8 Å². The molecule has 4 rings (SSSR count). The van der Waals surface area contributed by atoms with Crippen LogP contribution in [-0.2, 0) is 4.79 Å².